The summed E-state index contributed by atoms with van der Waals surface area (Å²) in [5, 5.41) is 7.23. The van der Waals surface area contributed by atoms with Crippen LogP contribution in [-0.4, -0.2) is 27.6 Å². The summed E-state index contributed by atoms with van der Waals surface area (Å²) in [6.45, 7) is 6.72. The highest BCUT2D eigenvalue weighted by molar-refractivity contribution is 5.86. The molecule has 3 aromatic rings. The number of amides is 2. The molecule has 0 fully saturated rings. The number of hydrogen-bond acceptors (Lipinski definition) is 4. The Kier molecular flexibility index (Phi) is 6.35. The van der Waals surface area contributed by atoms with Crippen molar-refractivity contribution >= 4 is 11.6 Å². The van der Waals surface area contributed by atoms with Crippen molar-refractivity contribution in [1.82, 2.24) is 20.4 Å². The fourth-order valence-corrected chi connectivity index (χ4v) is 3.89. The average Bonchev–Trinajstić information content (AvgIpc) is 3.29. The number of benzene rings is 2. The molecule has 0 aliphatic carbocycles. The minimum Gasteiger partial charge on any atom is -0.334 e. The second-order valence-corrected chi connectivity index (χ2v) is 7.91. The van der Waals surface area contributed by atoms with E-state index >= 15 is 0 Å². The lowest BCUT2D eigenvalue weighted by atomic mass is 9.93. The molecule has 0 bridgehead atoms. The topological polar surface area (TPSA) is 71.3 Å². The van der Waals surface area contributed by atoms with Crippen LogP contribution < -0.4 is 5.32 Å². The number of hydrogen-bond donors (Lipinski definition) is 1. The van der Waals surface area contributed by atoms with Crippen molar-refractivity contribution < 1.29 is 13.7 Å². The first-order valence-electron chi connectivity index (χ1n) is 11.0. The van der Waals surface area contributed by atoms with Crippen molar-refractivity contribution in [3.63, 3.8) is 0 Å². The van der Waals surface area contributed by atoms with Gasteiger partial charge in [-0.15, -0.1) is 0 Å². The smallest absolute Gasteiger partial charge is 0.322 e. The molecule has 7 heteroatoms. The number of carbonyl (C=O) groups excluding carboxylic acids is 1. The molecule has 0 radical (unpaired) electrons. The van der Waals surface area contributed by atoms with Gasteiger partial charge in [-0.3, -0.25) is 4.90 Å². The lowest BCUT2D eigenvalue weighted by Crippen LogP contribution is -2.46. The zero-order valence-corrected chi connectivity index (χ0v) is 18.6. The molecule has 0 spiro atoms. The van der Waals surface area contributed by atoms with E-state index in [-0.39, 0.29) is 11.8 Å². The van der Waals surface area contributed by atoms with E-state index in [0.29, 0.717) is 23.8 Å². The van der Waals surface area contributed by atoms with Crippen LogP contribution in [-0.2, 0) is 6.42 Å². The Balaban J connectivity index is 1.77. The number of urea groups is 1. The summed E-state index contributed by atoms with van der Waals surface area (Å²) >= 11 is 0. The Bertz CT molecular complexity index is 1120. The van der Waals surface area contributed by atoms with E-state index in [9.17, 15) is 9.18 Å². The van der Waals surface area contributed by atoms with Gasteiger partial charge in [-0.25, -0.2) is 9.18 Å². The number of allylic oxidation sites excluding steroid dienone is 1. The van der Waals surface area contributed by atoms with E-state index in [2.05, 4.69) is 41.4 Å². The first-order valence-corrected chi connectivity index (χ1v) is 11.0. The molecule has 2 amide bonds. The van der Waals surface area contributed by atoms with Crippen LogP contribution >= 0.6 is 0 Å². The number of unbranched alkanes of at least 4 members (excludes halogenated alkanes) is 1. The van der Waals surface area contributed by atoms with Crippen molar-refractivity contribution in [3.05, 3.63) is 77.1 Å². The van der Waals surface area contributed by atoms with Crippen LogP contribution in [0.25, 0.3) is 17.0 Å². The number of aryl methyl sites for hydroxylation is 1. The largest absolute Gasteiger partial charge is 0.334 e. The number of aromatic nitrogens is 2. The maximum Gasteiger partial charge on any atom is 0.322 e. The maximum absolute atomic E-state index is 13.3. The van der Waals surface area contributed by atoms with Crippen molar-refractivity contribution in [1.29, 1.82) is 0 Å². The molecule has 1 aliphatic heterocycles. The Morgan fingerprint density at radius 3 is 2.47 bits per heavy atom. The van der Waals surface area contributed by atoms with E-state index in [1.807, 2.05) is 19.1 Å². The zero-order chi connectivity index (χ0) is 22.7. The van der Waals surface area contributed by atoms with Gasteiger partial charge < -0.3 is 9.84 Å². The van der Waals surface area contributed by atoms with Crippen molar-refractivity contribution in [2.45, 2.75) is 46.1 Å². The summed E-state index contributed by atoms with van der Waals surface area (Å²) < 4.78 is 19.0. The molecule has 1 aliphatic rings. The Hall–Kier alpha value is -3.48. The maximum atomic E-state index is 13.3. The van der Waals surface area contributed by atoms with Gasteiger partial charge in [-0.2, -0.15) is 4.98 Å². The SMILES string of the molecule is CCCCN1C(=O)NC(c2ccc(CC)cc2)C(c2nc(-c3ccc(F)cc3)no2)=C1C. The van der Waals surface area contributed by atoms with Gasteiger partial charge >= 0.3 is 6.03 Å². The number of rotatable bonds is 7. The average molecular weight is 435 g/mol. The summed E-state index contributed by atoms with van der Waals surface area (Å²) in [4.78, 5) is 19.3. The van der Waals surface area contributed by atoms with E-state index in [4.69, 9.17) is 4.52 Å². The van der Waals surface area contributed by atoms with E-state index < -0.39 is 6.04 Å². The minimum atomic E-state index is -0.409. The summed E-state index contributed by atoms with van der Waals surface area (Å²) in [5.74, 6) is 0.387. The van der Waals surface area contributed by atoms with Crippen LogP contribution in [0.2, 0.25) is 0 Å². The van der Waals surface area contributed by atoms with E-state index in [0.717, 1.165) is 36.1 Å². The zero-order valence-electron chi connectivity index (χ0n) is 18.6. The summed E-state index contributed by atoms with van der Waals surface area (Å²) in [6, 6.07) is 13.6. The highest BCUT2D eigenvalue weighted by Gasteiger charge is 2.35. The first-order chi connectivity index (χ1) is 15.5. The normalized spacial score (nSPS) is 16.4. The van der Waals surface area contributed by atoms with E-state index in [1.165, 1.54) is 17.7 Å². The number of halogens is 1. The van der Waals surface area contributed by atoms with Crippen molar-refractivity contribution in [2.24, 2.45) is 0 Å². The molecule has 1 N–H and O–H groups in total. The third kappa shape index (κ3) is 4.28. The van der Waals surface area contributed by atoms with Crippen LogP contribution in [0.1, 0.15) is 56.7 Å². The summed E-state index contributed by atoms with van der Waals surface area (Å²) in [7, 11) is 0. The fraction of sp³-hybridized carbons (Fsp3) is 0.320. The fourth-order valence-electron chi connectivity index (χ4n) is 3.89. The second kappa shape index (κ2) is 9.34. The molecule has 0 saturated carbocycles. The van der Waals surface area contributed by atoms with Crippen LogP contribution in [0.4, 0.5) is 9.18 Å². The van der Waals surface area contributed by atoms with Gasteiger partial charge in [0.25, 0.3) is 5.89 Å². The second-order valence-electron chi connectivity index (χ2n) is 7.91. The molecular weight excluding hydrogens is 407 g/mol. The molecule has 1 unspecified atom stereocenters. The minimum absolute atomic E-state index is 0.137. The predicted octanol–water partition coefficient (Wildman–Crippen LogP) is 5.74. The number of carbonyl (C=O) groups is 1. The van der Waals surface area contributed by atoms with Gasteiger partial charge in [0.1, 0.15) is 5.82 Å². The third-order valence-corrected chi connectivity index (χ3v) is 5.81. The molecule has 32 heavy (non-hydrogen) atoms. The van der Waals surface area contributed by atoms with Crippen LogP contribution in [0, 0.1) is 5.82 Å². The van der Waals surface area contributed by atoms with Gasteiger partial charge in [0, 0.05) is 17.8 Å². The van der Waals surface area contributed by atoms with Gasteiger partial charge in [0.2, 0.25) is 5.82 Å². The van der Waals surface area contributed by atoms with Gasteiger partial charge in [-0.05, 0) is 55.2 Å². The Morgan fingerprint density at radius 2 is 1.81 bits per heavy atom. The van der Waals surface area contributed by atoms with Crippen LogP contribution in [0.3, 0.4) is 0 Å². The van der Waals surface area contributed by atoms with E-state index in [1.54, 1.807) is 17.0 Å². The number of nitrogens with zero attached hydrogens (tertiary/aromatic N) is 3. The summed E-state index contributed by atoms with van der Waals surface area (Å²) in [5.41, 5.74) is 4.39. The molecule has 2 heterocycles. The molecule has 4 rings (SSSR count). The lowest BCUT2D eigenvalue weighted by molar-refractivity contribution is 0.204. The molecule has 1 aromatic heterocycles. The van der Waals surface area contributed by atoms with Gasteiger partial charge in [0.05, 0.1) is 11.6 Å². The monoisotopic (exact) mass is 434 g/mol. The van der Waals surface area contributed by atoms with Crippen LogP contribution in [0.5, 0.6) is 0 Å². The third-order valence-electron chi connectivity index (χ3n) is 5.81. The van der Waals surface area contributed by atoms with Gasteiger partial charge in [-0.1, -0.05) is 49.7 Å². The molecular formula is C25H27FN4O2. The highest BCUT2D eigenvalue weighted by Crippen LogP contribution is 2.37. The lowest BCUT2D eigenvalue weighted by Gasteiger charge is -2.35. The molecule has 2 aromatic carbocycles. The molecule has 0 saturated heterocycles. The molecule has 166 valence electrons. The summed E-state index contributed by atoms with van der Waals surface area (Å²) in [6.07, 6.45) is 2.80. The quantitative estimate of drug-likeness (QED) is 0.515. The highest BCUT2D eigenvalue weighted by atomic mass is 19.1. The van der Waals surface area contributed by atoms with Gasteiger partial charge in [0.15, 0.2) is 0 Å². The predicted molar refractivity (Wildman–Crippen MR) is 121 cm³/mol. The van der Waals surface area contributed by atoms with Crippen molar-refractivity contribution in [2.75, 3.05) is 6.54 Å². The number of nitrogens with one attached hydrogen (secondary N) is 1. The Labute approximate surface area is 187 Å². The van der Waals surface area contributed by atoms with Crippen LogP contribution in [0.15, 0.2) is 58.8 Å². The standard InChI is InChI=1S/C25H27FN4O2/c1-4-6-15-30-16(3)21(22(27-25(30)31)18-9-7-17(5-2)8-10-18)24-28-23(29-32-24)19-11-13-20(26)14-12-19/h7-14,22H,4-6,15H2,1-3H3,(H,27,31). The molecule has 6 nitrogen and oxygen atoms in total. The first kappa shape index (κ1) is 21.7. The van der Waals surface area contributed by atoms with Crippen molar-refractivity contribution in [3.8, 4) is 11.4 Å². The molecule has 1 atom stereocenters. The Morgan fingerprint density at radius 1 is 1.09 bits per heavy atom.